The van der Waals surface area contributed by atoms with Gasteiger partial charge in [0.05, 0.1) is 18.0 Å². The third-order valence-corrected chi connectivity index (χ3v) is 4.04. The van der Waals surface area contributed by atoms with Crippen LogP contribution in [0.25, 0.3) is 0 Å². The molecule has 0 saturated carbocycles. The fraction of sp³-hybridized carbons (Fsp3) is 0.400. The minimum absolute atomic E-state index is 0.0836. The van der Waals surface area contributed by atoms with Crippen LogP contribution in [0.2, 0.25) is 5.02 Å². The topological polar surface area (TPSA) is 72.2 Å². The molecule has 0 aliphatic heterocycles. The average molecular weight is 299 g/mol. The number of halogens is 3. The Hall–Kier alpha value is -0.760. The number of aryl methyl sites for hydroxylation is 1. The Morgan fingerprint density at radius 2 is 2.06 bits per heavy atom. The Morgan fingerprint density at radius 3 is 2.56 bits per heavy atom. The zero-order valence-corrected chi connectivity index (χ0v) is 11.2. The first-order chi connectivity index (χ1) is 8.18. The van der Waals surface area contributed by atoms with Crippen molar-refractivity contribution in [2.45, 2.75) is 17.7 Å². The minimum atomic E-state index is -4.00. The summed E-state index contributed by atoms with van der Waals surface area (Å²) in [6, 6.07) is 4.09. The van der Waals surface area contributed by atoms with E-state index in [9.17, 15) is 17.2 Å². The number of nitrogens with two attached hydrogens (primary N) is 1. The monoisotopic (exact) mass is 298 g/mol. The van der Waals surface area contributed by atoms with Gasteiger partial charge in [-0.1, -0.05) is 11.6 Å². The van der Waals surface area contributed by atoms with E-state index in [2.05, 4.69) is 0 Å². The number of benzene rings is 1. The molecule has 0 bridgehead atoms. The van der Waals surface area contributed by atoms with Gasteiger partial charge in [0, 0.05) is 5.02 Å². The molecule has 0 atom stereocenters. The number of hydrogen-bond acceptors (Lipinski definition) is 3. The van der Waals surface area contributed by atoms with Crippen molar-refractivity contribution >= 4 is 21.6 Å². The lowest BCUT2D eigenvalue weighted by atomic mass is 10.2. The molecule has 0 aliphatic carbocycles. The minimum Gasteiger partial charge on any atom is -0.325 e. The maximum Gasteiger partial charge on any atom is 0.273 e. The van der Waals surface area contributed by atoms with Gasteiger partial charge < -0.3 is 5.73 Å². The molecule has 0 amide bonds. The molecule has 0 fully saturated rings. The van der Waals surface area contributed by atoms with Gasteiger partial charge >= 0.3 is 0 Å². The molecule has 1 aromatic rings. The maximum atomic E-state index is 12.9. The van der Waals surface area contributed by atoms with Gasteiger partial charge in [0.15, 0.2) is 0 Å². The molecule has 0 spiro atoms. The number of hydrogen-bond donors (Lipinski definition) is 2. The Balaban J connectivity index is 2.94. The van der Waals surface area contributed by atoms with Crippen LogP contribution in [0.15, 0.2) is 23.1 Å². The average Bonchev–Trinajstić information content (AvgIpc) is 2.26. The molecule has 0 aliphatic rings. The largest absolute Gasteiger partial charge is 0.325 e. The molecular weight excluding hydrogens is 286 g/mol. The summed E-state index contributed by atoms with van der Waals surface area (Å²) >= 11 is 5.69. The molecule has 4 nitrogen and oxygen atoms in total. The molecule has 0 saturated heterocycles. The quantitative estimate of drug-likeness (QED) is 0.866. The molecule has 0 unspecified atom stereocenters. The zero-order chi connectivity index (χ0) is 14.0. The second-order valence-electron chi connectivity index (χ2n) is 3.79. The van der Waals surface area contributed by atoms with E-state index in [4.69, 9.17) is 17.3 Å². The summed E-state index contributed by atoms with van der Waals surface area (Å²) in [4.78, 5) is -0.0836. The van der Waals surface area contributed by atoms with Gasteiger partial charge in [-0.05, 0) is 30.7 Å². The van der Waals surface area contributed by atoms with Gasteiger partial charge in [-0.25, -0.2) is 21.9 Å². The van der Waals surface area contributed by atoms with Crippen molar-refractivity contribution in [2.75, 3.05) is 13.1 Å². The van der Waals surface area contributed by atoms with E-state index in [-0.39, 0.29) is 4.90 Å². The lowest BCUT2D eigenvalue weighted by Gasteiger charge is -2.15. The highest BCUT2D eigenvalue weighted by Gasteiger charge is 2.29. The van der Waals surface area contributed by atoms with Crippen LogP contribution in [-0.4, -0.2) is 27.4 Å². The fourth-order valence-corrected chi connectivity index (χ4v) is 2.78. The number of nitrogens with one attached hydrogen (secondary N) is 1. The smallest absolute Gasteiger partial charge is 0.273 e. The number of alkyl halides is 2. The Morgan fingerprint density at radius 1 is 1.44 bits per heavy atom. The molecule has 0 radical (unpaired) electrons. The zero-order valence-electron chi connectivity index (χ0n) is 9.58. The van der Waals surface area contributed by atoms with Crippen LogP contribution in [0.1, 0.15) is 5.56 Å². The van der Waals surface area contributed by atoms with Gasteiger partial charge in [-0.3, -0.25) is 0 Å². The van der Waals surface area contributed by atoms with Gasteiger partial charge in [0.2, 0.25) is 10.0 Å². The third kappa shape index (κ3) is 3.88. The van der Waals surface area contributed by atoms with Crippen LogP contribution < -0.4 is 10.5 Å². The van der Waals surface area contributed by atoms with Crippen molar-refractivity contribution in [1.82, 2.24) is 4.72 Å². The molecule has 8 heteroatoms. The van der Waals surface area contributed by atoms with Crippen LogP contribution in [0, 0.1) is 6.92 Å². The fourth-order valence-electron chi connectivity index (χ4n) is 1.26. The van der Waals surface area contributed by atoms with E-state index in [1.54, 1.807) is 0 Å². The molecular formula is C10H13ClF2N2O2S. The van der Waals surface area contributed by atoms with Crippen LogP contribution in [-0.2, 0) is 10.0 Å². The van der Waals surface area contributed by atoms with Crippen molar-refractivity contribution in [3.8, 4) is 0 Å². The highest BCUT2D eigenvalue weighted by atomic mass is 35.5. The highest BCUT2D eigenvalue weighted by molar-refractivity contribution is 7.89. The lowest BCUT2D eigenvalue weighted by molar-refractivity contribution is 0.0170. The second kappa shape index (κ2) is 5.48. The number of sulfonamides is 1. The predicted octanol–water partition coefficient (Wildman–Crippen LogP) is 1.52. The van der Waals surface area contributed by atoms with Crippen LogP contribution in [0.4, 0.5) is 8.78 Å². The molecule has 1 aromatic carbocycles. The molecule has 0 aromatic heterocycles. The Bertz CT molecular complexity index is 535. The first-order valence-electron chi connectivity index (χ1n) is 5.02. The summed E-state index contributed by atoms with van der Waals surface area (Å²) in [6.07, 6.45) is 0. The van der Waals surface area contributed by atoms with E-state index in [0.717, 1.165) is 0 Å². The Kier molecular flexibility index (Phi) is 4.66. The molecule has 1 rings (SSSR count). The van der Waals surface area contributed by atoms with Crippen molar-refractivity contribution in [3.05, 3.63) is 28.8 Å². The highest BCUT2D eigenvalue weighted by Crippen LogP contribution is 2.20. The molecule has 102 valence electrons. The van der Waals surface area contributed by atoms with E-state index < -0.39 is 29.0 Å². The van der Waals surface area contributed by atoms with Crippen molar-refractivity contribution in [1.29, 1.82) is 0 Å². The second-order valence-corrected chi connectivity index (χ2v) is 5.97. The van der Waals surface area contributed by atoms with Crippen molar-refractivity contribution in [3.63, 3.8) is 0 Å². The maximum absolute atomic E-state index is 12.9. The van der Waals surface area contributed by atoms with Crippen molar-refractivity contribution < 1.29 is 17.2 Å². The summed E-state index contributed by atoms with van der Waals surface area (Å²) in [5.74, 6) is -3.27. The van der Waals surface area contributed by atoms with Gasteiger partial charge in [-0.2, -0.15) is 0 Å². The van der Waals surface area contributed by atoms with Crippen molar-refractivity contribution in [2.24, 2.45) is 5.73 Å². The van der Waals surface area contributed by atoms with E-state index in [1.165, 1.54) is 25.1 Å². The first kappa shape index (κ1) is 15.3. The molecule has 0 heterocycles. The predicted molar refractivity (Wildman–Crippen MR) is 65.4 cm³/mol. The third-order valence-electron chi connectivity index (χ3n) is 2.25. The van der Waals surface area contributed by atoms with E-state index in [0.29, 0.717) is 10.6 Å². The van der Waals surface area contributed by atoms with E-state index >= 15 is 0 Å². The summed E-state index contributed by atoms with van der Waals surface area (Å²) < 4.78 is 51.2. The van der Waals surface area contributed by atoms with Gasteiger partial charge in [0.1, 0.15) is 0 Å². The number of rotatable bonds is 5. The molecule has 3 N–H and O–H groups in total. The Labute approximate surface area is 109 Å². The molecule has 18 heavy (non-hydrogen) atoms. The summed E-state index contributed by atoms with van der Waals surface area (Å²) in [7, 11) is -4.00. The standard InChI is InChI=1S/C10H13ClF2N2O2S/c1-7-4-8(11)2-3-9(7)18(16,17)15-6-10(12,13)5-14/h2-4,15H,5-6,14H2,1H3. The van der Waals surface area contributed by atoms with E-state index in [1.807, 2.05) is 4.72 Å². The summed E-state index contributed by atoms with van der Waals surface area (Å²) in [5.41, 5.74) is 5.20. The summed E-state index contributed by atoms with van der Waals surface area (Å²) in [5, 5.41) is 0.374. The first-order valence-corrected chi connectivity index (χ1v) is 6.88. The SMILES string of the molecule is Cc1cc(Cl)ccc1S(=O)(=O)NCC(F)(F)CN. The lowest BCUT2D eigenvalue weighted by Crippen LogP contribution is -2.41. The summed E-state index contributed by atoms with van der Waals surface area (Å²) in [6.45, 7) is -0.426. The van der Waals surface area contributed by atoms with Crippen LogP contribution >= 0.6 is 11.6 Å². The normalized spacial score (nSPS) is 12.7. The van der Waals surface area contributed by atoms with Gasteiger partial charge in [0.25, 0.3) is 5.92 Å². The van der Waals surface area contributed by atoms with Crippen LogP contribution in [0.5, 0.6) is 0 Å². The van der Waals surface area contributed by atoms with Gasteiger partial charge in [-0.15, -0.1) is 0 Å². The van der Waals surface area contributed by atoms with Crippen LogP contribution in [0.3, 0.4) is 0 Å².